The lowest BCUT2D eigenvalue weighted by atomic mass is 10.3. The van der Waals surface area contributed by atoms with Gasteiger partial charge < -0.3 is 5.32 Å². The van der Waals surface area contributed by atoms with E-state index in [0.717, 1.165) is 13.0 Å². The zero-order valence-electron chi connectivity index (χ0n) is 9.45. The van der Waals surface area contributed by atoms with E-state index in [1.54, 1.807) is 12.3 Å². The summed E-state index contributed by atoms with van der Waals surface area (Å²) in [7, 11) is 0. The lowest BCUT2D eigenvalue weighted by Gasteiger charge is -2.08. The van der Waals surface area contributed by atoms with Gasteiger partial charge in [0.15, 0.2) is 0 Å². The molecular weight excluding hydrogens is 282 g/mol. The van der Waals surface area contributed by atoms with Crippen molar-refractivity contribution >= 4 is 21.6 Å². The molecule has 0 saturated carbocycles. The van der Waals surface area contributed by atoms with Gasteiger partial charge in [-0.25, -0.2) is 4.68 Å². The number of halogens is 1. The molecule has 1 N–H and O–H groups in total. The Hall–Kier alpha value is -1.54. The van der Waals surface area contributed by atoms with Crippen molar-refractivity contribution in [3.63, 3.8) is 0 Å². The zero-order chi connectivity index (χ0) is 12.7. The molecule has 4 nitrogen and oxygen atoms in total. The van der Waals surface area contributed by atoms with Crippen LogP contribution in [0.15, 0.2) is 28.1 Å². The number of nitrogens with one attached hydrogen (secondary N) is 1. The second-order valence-electron chi connectivity index (χ2n) is 3.38. The van der Waals surface area contributed by atoms with Gasteiger partial charge >= 0.3 is 0 Å². The minimum absolute atomic E-state index is 0.174. The molecule has 1 aromatic heterocycles. The Balaban J connectivity index is 2.75. The lowest BCUT2D eigenvalue weighted by Crippen LogP contribution is -2.24. The van der Waals surface area contributed by atoms with Crippen LogP contribution in [0.3, 0.4) is 0 Å². The Labute approximate surface area is 109 Å². The van der Waals surface area contributed by atoms with Crippen LogP contribution < -0.4 is 10.9 Å². The van der Waals surface area contributed by atoms with E-state index in [-0.39, 0.29) is 5.56 Å². The monoisotopic (exact) mass is 295 g/mol. The van der Waals surface area contributed by atoms with Crippen molar-refractivity contribution in [3.8, 4) is 12.3 Å². The summed E-state index contributed by atoms with van der Waals surface area (Å²) in [5.74, 6) is 2.56. The average Bonchev–Trinajstić information content (AvgIpc) is 2.33. The normalized spacial score (nSPS) is 9.65. The van der Waals surface area contributed by atoms with Gasteiger partial charge in [-0.05, 0) is 22.4 Å². The molecule has 0 fully saturated rings. The fraction of sp³-hybridized carbons (Fsp3) is 0.333. The molecule has 1 aromatic rings. The van der Waals surface area contributed by atoms with Crippen LogP contribution in [0.1, 0.15) is 12.8 Å². The summed E-state index contributed by atoms with van der Waals surface area (Å²) in [6, 6.07) is 0. The summed E-state index contributed by atoms with van der Waals surface area (Å²) in [5.41, 5.74) is 0.513. The van der Waals surface area contributed by atoms with Crippen LogP contribution in [-0.2, 0) is 6.54 Å². The molecule has 5 heteroatoms. The first kappa shape index (κ1) is 13.5. The van der Waals surface area contributed by atoms with Gasteiger partial charge in [0.1, 0.15) is 4.47 Å². The van der Waals surface area contributed by atoms with Crippen molar-refractivity contribution in [2.75, 3.05) is 11.9 Å². The minimum Gasteiger partial charge on any atom is -0.383 e. The molecule has 0 unspecified atom stereocenters. The van der Waals surface area contributed by atoms with Gasteiger partial charge in [0, 0.05) is 13.0 Å². The van der Waals surface area contributed by atoms with E-state index < -0.39 is 0 Å². The standard InChI is InChI=1S/C12H14BrN3O/c1-3-5-6-7-14-10-9-15-16(8-4-2)12(17)11(10)13/h1,4,9,14H,2,5-8H2. The van der Waals surface area contributed by atoms with Crippen LogP contribution in [0, 0.1) is 12.3 Å². The Bertz CT molecular complexity index is 488. The first-order chi connectivity index (χ1) is 8.20. The topological polar surface area (TPSA) is 46.9 Å². The number of anilines is 1. The van der Waals surface area contributed by atoms with Crippen LogP contribution in [-0.4, -0.2) is 16.3 Å². The molecule has 1 rings (SSSR count). The predicted octanol–water partition coefficient (Wildman–Crippen LogP) is 2.02. The molecule has 1 heterocycles. The van der Waals surface area contributed by atoms with Gasteiger partial charge in [-0.15, -0.1) is 18.9 Å². The summed E-state index contributed by atoms with van der Waals surface area (Å²) in [6.07, 6.45) is 9.97. The van der Waals surface area contributed by atoms with E-state index >= 15 is 0 Å². The van der Waals surface area contributed by atoms with Gasteiger partial charge in [0.2, 0.25) is 0 Å². The molecule has 0 radical (unpaired) electrons. The van der Waals surface area contributed by atoms with Crippen molar-refractivity contribution in [3.05, 3.63) is 33.7 Å². The molecular formula is C12H14BrN3O. The number of aromatic nitrogens is 2. The Morgan fingerprint density at radius 3 is 3.12 bits per heavy atom. The number of allylic oxidation sites excluding steroid dienone is 1. The van der Waals surface area contributed by atoms with Gasteiger partial charge in [0.25, 0.3) is 5.56 Å². The van der Waals surface area contributed by atoms with Crippen molar-refractivity contribution in [1.82, 2.24) is 9.78 Å². The summed E-state index contributed by atoms with van der Waals surface area (Å²) in [6.45, 7) is 4.69. The van der Waals surface area contributed by atoms with E-state index in [9.17, 15) is 4.79 Å². The molecule has 0 aliphatic rings. The molecule has 0 atom stereocenters. The summed E-state index contributed by atoms with van der Waals surface area (Å²) < 4.78 is 1.82. The highest BCUT2D eigenvalue weighted by Crippen LogP contribution is 2.15. The third kappa shape index (κ3) is 3.75. The quantitative estimate of drug-likeness (QED) is 0.496. The minimum atomic E-state index is -0.174. The molecule has 17 heavy (non-hydrogen) atoms. The van der Waals surface area contributed by atoms with E-state index in [1.807, 2.05) is 0 Å². The lowest BCUT2D eigenvalue weighted by molar-refractivity contribution is 0.648. The zero-order valence-corrected chi connectivity index (χ0v) is 11.0. The van der Waals surface area contributed by atoms with Crippen molar-refractivity contribution < 1.29 is 0 Å². The van der Waals surface area contributed by atoms with Crippen molar-refractivity contribution in [1.29, 1.82) is 0 Å². The highest BCUT2D eigenvalue weighted by Gasteiger charge is 2.07. The summed E-state index contributed by atoms with van der Waals surface area (Å²) in [5, 5.41) is 7.14. The van der Waals surface area contributed by atoms with Crippen LogP contribution in [0.25, 0.3) is 0 Å². The van der Waals surface area contributed by atoms with Crippen molar-refractivity contribution in [2.45, 2.75) is 19.4 Å². The smallest absolute Gasteiger partial charge is 0.283 e. The van der Waals surface area contributed by atoms with Gasteiger partial charge in [-0.3, -0.25) is 4.79 Å². The Morgan fingerprint density at radius 1 is 1.71 bits per heavy atom. The Morgan fingerprint density at radius 2 is 2.47 bits per heavy atom. The first-order valence-corrected chi connectivity index (χ1v) is 6.04. The van der Waals surface area contributed by atoms with Crippen LogP contribution in [0.2, 0.25) is 0 Å². The fourth-order valence-electron chi connectivity index (χ4n) is 1.25. The first-order valence-electron chi connectivity index (χ1n) is 5.24. The molecule has 90 valence electrons. The number of unbranched alkanes of at least 4 members (excludes halogenated alkanes) is 1. The van der Waals surface area contributed by atoms with Crippen molar-refractivity contribution in [2.24, 2.45) is 0 Å². The van der Waals surface area contributed by atoms with Gasteiger partial charge in [-0.2, -0.15) is 5.10 Å². The van der Waals surface area contributed by atoms with E-state index in [1.165, 1.54) is 4.68 Å². The highest BCUT2D eigenvalue weighted by atomic mass is 79.9. The van der Waals surface area contributed by atoms with Gasteiger partial charge in [0.05, 0.1) is 18.4 Å². The summed E-state index contributed by atoms with van der Waals surface area (Å²) in [4.78, 5) is 11.8. The second kappa shape index (κ2) is 6.92. The molecule has 0 amide bonds. The maximum absolute atomic E-state index is 11.8. The number of terminal acetylenes is 1. The molecule has 0 bridgehead atoms. The van der Waals surface area contributed by atoms with Crippen LogP contribution >= 0.6 is 15.9 Å². The maximum Gasteiger partial charge on any atom is 0.283 e. The van der Waals surface area contributed by atoms with Crippen LogP contribution in [0.5, 0.6) is 0 Å². The number of nitrogens with zero attached hydrogens (tertiary/aromatic N) is 2. The highest BCUT2D eigenvalue weighted by molar-refractivity contribution is 9.10. The molecule has 0 spiro atoms. The Kier molecular flexibility index (Phi) is 5.50. The van der Waals surface area contributed by atoms with E-state index in [4.69, 9.17) is 6.42 Å². The van der Waals surface area contributed by atoms with E-state index in [0.29, 0.717) is 23.1 Å². The second-order valence-corrected chi connectivity index (χ2v) is 4.18. The number of rotatable bonds is 6. The molecule has 0 saturated heterocycles. The fourth-order valence-corrected chi connectivity index (χ4v) is 1.70. The predicted molar refractivity (Wildman–Crippen MR) is 73.0 cm³/mol. The van der Waals surface area contributed by atoms with Gasteiger partial charge in [-0.1, -0.05) is 6.08 Å². The summed E-state index contributed by atoms with van der Waals surface area (Å²) >= 11 is 3.26. The molecule has 0 aliphatic heterocycles. The molecule has 0 aliphatic carbocycles. The number of hydrogen-bond acceptors (Lipinski definition) is 3. The van der Waals surface area contributed by atoms with Crippen LogP contribution in [0.4, 0.5) is 5.69 Å². The maximum atomic E-state index is 11.8. The largest absolute Gasteiger partial charge is 0.383 e. The SMILES string of the molecule is C#CCCCNc1cnn(CC=C)c(=O)c1Br. The van der Waals surface area contributed by atoms with E-state index in [2.05, 4.69) is 38.8 Å². The average molecular weight is 296 g/mol. The number of hydrogen-bond donors (Lipinski definition) is 1. The third-order valence-corrected chi connectivity index (χ3v) is 2.87. The third-order valence-electron chi connectivity index (χ3n) is 2.10. The molecule has 0 aromatic carbocycles.